The SMILES string of the molecule is CC1=CC(S)=CCC1. The molecule has 1 rings (SSSR count). The Bertz CT molecular complexity index is 142. The largest absolute Gasteiger partial charge is 0.144 e. The van der Waals surface area contributed by atoms with Gasteiger partial charge in [0.05, 0.1) is 0 Å². The van der Waals surface area contributed by atoms with Crippen LogP contribution in [0.2, 0.25) is 0 Å². The van der Waals surface area contributed by atoms with Crippen LogP contribution in [0, 0.1) is 0 Å². The molecule has 1 heteroatoms. The van der Waals surface area contributed by atoms with Crippen LogP contribution in [0.3, 0.4) is 0 Å². The van der Waals surface area contributed by atoms with E-state index in [2.05, 4.69) is 31.7 Å². The van der Waals surface area contributed by atoms with Crippen molar-refractivity contribution in [2.75, 3.05) is 0 Å². The van der Waals surface area contributed by atoms with E-state index >= 15 is 0 Å². The summed E-state index contributed by atoms with van der Waals surface area (Å²) in [5, 5.41) is 0. The molecule has 0 N–H and O–H groups in total. The summed E-state index contributed by atoms with van der Waals surface area (Å²) >= 11 is 4.21. The molecule has 0 aliphatic heterocycles. The van der Waals surface area contributed by atoms with Crippen LogP contribution in [0.4, 0.5) is 0 Å². The molecule has 1 aliphatic carbocycles. The summed E-state index contributed by atoms with van der Waals surface area (Å²) in [5.41, 5.74) is 1.44. The molecule has 0 heterocycles. The fourth-order valence-corrected chi connectivity index (χ4v) is 1.18. The van der Waals surface area contributed by atoms with Gasteiger partial charge in [0.2, 0.25) is 0 Å². The smallest absolute Gasteiger partial charge is 0.0000435 e. The van der Waals surface area contributed by atoms with Crippen LogP contribution >= 0.6 is 12.6 Å². The van der Waals surface area contributed by atoms with E-state index in [-0.39, 0.29) is 0 Å². The van der Waals surface area contributed by atoms with Gasteiger partial charge in [0.1, 0.15) is 0 Å². The monoisotopic (exact) mass is 126 g/mol. The van der Waals surface area contributed by atoms with Gasteiger partial charge < -0.3 is 0 Å². The molecule has 0 radical (unpaired) electrons. The van der Waals surface area contributed by atoms with Crippen LogP contribution in [0.1, 0.15) is 19.8 Å². The van der Waals surface area contributed by atoms with Crippen molar-refractivity contribution in [3.05, 3.63) is 22.6 Å². The van der Waals surface area contributed by atoms with E-state index in [1.165, 1.54) is 18.4 Å². The summed E-state index contributed by atoms with van der Waals surface area (Å²) in [4.78, 5) is 1.12. The standard InChI is InChI=1S/C7H10S/c1-6-3-2-4-7(8)5-6/h4-5,8H,2-3H2,1H3. The summed E-state index contributed by atoms with van der Waals surface area (Å²) in [6, 6.07) is 0. The summed E-state index contributed by atoms with van der Waals surface area (Å²) in [6.45, 7) is 2.14. The van der Waals surface area contributed by atoms with Gasteiger partial charge in [-0.1, -0.05) is 17.7 Å². The van der Waals surface area contributed by atoms with E-state index in [1.807, 2.05) is 0 Å². The number of allylic oxidation sites excluding steroid dienone is 3. The quantitative estimate of drug-likeness (QED) is 0.474. The molecule has 8 heavy (non-hydrogen) atoms. The molecular weight excluding hydrogens is 116 g/mol. The number of hydrogen-bond donors (Lipinski definition) is 1. The van der Waals surface area contributed by atoms with E-state index < -0.39 is 0 Å². The summed E-state index contributed by atoms with van der Waals surface area (Å²) in [7, 11) is 0. The minimum atomic E-state index is 1.12. The predicted molar refractivity (Wildman–Crippen MR) is 40.1 cm³/mol. The van der Waals surface area contributed by atoms with Crippen LogP contribution in [-0.2, 0) is 0 Å². The van der Waals surface area contributed by atoms with Gasteiger partial charge in [0, 0.05) is 0 Å². The van der Waals surface area contributed by atoms with Gasteiger partial charge in [-0.25, -0.2) is 0 Å². The minimum Gasteiger partial charge on any atom is -0.144 e. The van der Waals surface area contributed by atoms with Gasteiger partial charge in [-0.2, -0.15) is 0 Å². The Labute approximate surface area is 55.7 Å². The summed E-state index contributed by atoms with van der Waals surface area (Å²) in [5.74, 6) is 0. The molecule has 0 aromatic carbocycles. The van der Waals surface area contributed by atoms with Crippen molar-refractivity contribution in [3.8, 4) is 0 Å². The minimum absolute atomic E-state index is 1.12. The molecular formula is C7H10S. The van der Waals surface area contributed by atoms with Crippen molar-refractivity contribution >= 4 is 12.6 Å². The molecule has 0 saturated heterocycles. The highest BCUT2D eigenvalue weighted by Crippen LogP contribution is 2.17. The molecule has 0 aromatic heterocycles. The Morgan fingerprint density at radius 3 is 2.75 bits per heavy atom. The molecule has 0 atom stereocenters. The average molecular weight is 126 g/mol. The van der Waals surface area contributed by atoms with Gasteiger partial charge in [-0.3, -0.25) is 0 Å². The molecule has 0 aromatic rings. The Kier molecular flexibility index (Phi) is 1.79. The first-order chi connectivity index (χ1) is 3.79. The fraction of sp³-hybridized carbons (Fsp3) is 0.429. The Morgan fingerprint density at radius 1 is 1.62 bits per heavy atom. The van der Waals surface area contributed by atoms with Crippen molar-refractivity contribution in [1.29, 1.82) is 0 Å². The van der Waals surface area contributed by atoms with Crippen LogP contribution in [0.15, 0.2) is 22.6 Å². The lowest BCUT2D eigenvalue weighted by molar-refractivity contribution is 0.959. The lowest BCUT2D eigenvalue weighted by atomic mass is 10.1. The molecule has 0 saturated carbocycles. The highest BCUT2D eigenvalue weighted by Gasteiger charge is 1.95. The lowest BCUT2D eigenvalue weighted by Gasteiger charge is -2.03. The second kappa shape index (κ2) is 2.40. The molecule has 0 spiro atoms. The number of rotatable bonds is 0. The first-order valence-corrected chi connectivity index (χ1v) is 3.30. The molecule has 44 valence electrons. The van der Waals surface area contributed by atoms with E-state index in [0.29, 0.717) is 0 Å². The normalized spacial score (nSPS) is 19.8. The number of hydrogen-bond acceptors (Lipinski definition) is 1. The molecule has 1 aliphatic rings. The average Bonchev–Trinajstić information content (AvgIpc) is 1.64. The van der Waals surface area contributed by atoms with Gasteiger partial charge in [0.25, 0.3) is 0 Å². The van der Waals surface area contributed by atoms with Crippen LogP contribution in [-0.4, -0.2) is 0 Å². The van der Waals surface area contributed by atoms with Gasteiger partial charge in [-0.15, -0.1) is 12.6 Å². The molecule has 0 bridgehead atoms. The third kappa shape index (κ3) is 1.41. The van der Waals surface area contributed by atoms with Crippen LogP contribution < -0.4 is 0 Å². The van der Waals surface area contributed by atoms with E-state index in [1.54, 1.807) is 0 Å². The molecule has 0 amide bonds. The van der Waals surface area contributed by atoms with Crippen molar-refractivity contribution in [2.45, 2.75) is 19.8 Å². The lowest BCUT2D eigenvalue weighted by Crippen LogP contribution is -1.82. The van der Waals surface area contributed by atoms with E-state index in [4.69, 9.17) is 0 Å². The van der Waals surface area contributed by atoms with Crippen molar-refractivity contribution < 1.29 is 0 Å². The molecule has 0 fully saturated rings. The van der Waals surface area contributed by atoms with Crippen molar-refractivity contribution in [3.63, 3.8) is 0 Å². The highest BCUT2D eigenvalue weighted by molar-refractivity contribution is 7.84. The van der Waals surface area contributed by atoms with E-state index in [0.717, 1.165) is 4.91 Å². The van der Waals surface area contributed by atoms with E-state index in [9.17, 15) is 0 Å². The zero-order chi connectivity index (χ0) is 5.98. The molecule has 0 nitrogen and oxygen atoms in total. The zero-order valence-corrected chi connectivity index (χ0v) is 5.91. The third-order valence-electron chi connectivity index (χ3n) is 1.29. The molecule has 0 unspecified atom stereocenters. The number of thiol groups is 1. The second-order valence-corrected chi connectivity index (χ2v) is 2.67. The Morgan fingerprint density at radius 2 is 2.38 bits per heavy atom. The van der Waals surface area contributed by atoms with Crippen molar-refractivity contribution in [2.24, 2.45) is 0 Å². The Hall–Kier alpha value is -0.170. The van der Waals surface area contributed by atoms with Gasteiger partial charge >= 0.3 is 0 Å². The maximum absolute atomic E-state index is 4.21. The fourth-order valence-electron chi connectivity index (χ4n) is 0.831. The summed E-state index contributed by atoms with van der Waals surface area (Å²) in [6.07, 6.45) is 6.65. The maximum atomic E-state index is 4.21. The van der Waals surface area contributed by atoms with Crippen LogP contribution in [0.25, 0.3) is 0 Å². The topological polar surface area (TPSA) is 0 Å². The predicted octanol–water partition coefficient (Wildman–Crippen LogP) is 2.54. The van der Waals surface area contributed by atoms with Gasteiger partial charge in [-0.05, 0) is 24.7 Å². The first kappa shape index (κ1) is 5.96. The van der Waals surface area contributed by atoms with Gasteiger partial charge in [0.15, 0.2) is 0 Å². The maximum Gasteiger partial charge on any atom is -0.0000435 e. The highest BCUT2D eigenvalue weighted by atomic mass is 32.1. The zero-order valence-electron chi connectivity index (χ0n) is 5.02. The van der Waals surface area contributed by atoms with Crippen molar-refractivity contribution in [1.82, 2.24) is 0 Å². The van der Waals surface area contributed by atoms with Crippen LogP contribution in [0.5, 0.6) is 0 Å². The third-order valence-corrected chi connectivity index (χ3v) is 1.60. The Balaban J connectivity index is 2.69. The second-order valence-electron chi connectivity index (χ2n) is 2.16. The first-order valence-electron chi connectivity index (χ1n) is 2.85. The summed E-state index contributed by atoms with van der Waals surface area (Å²) < 4.78 is 0.